The Morgan fingerprint density at radius 2 is 1.74 bits per heavy atom. The second kappa shape index (κ2) is 5.32. The Hall–Kier alpha value is -1.38. The Morgan fingerprint density at radius 3 is 2.16 bits per heavy atom. The molecule has 0 atom stereocenters. The number of alkyl halides is 6. The molecule has 1 aromatic carbocycles. The number of carbonyl (C=O) groups is 1. The predicted molar refractivity (Wildman–Crippen MR) is 55.3 cm³/mol. The summed E-state index contributed by atoms with van der Waals surface area (Å²) in [6.07, 6.45) is -8.69. The first-order chi connectivity index (χ1) is 8.54. The number of benzene rings is 1. The minimum absolute atomic E-state index is 0.215. The van der Waals surface area contributed by atoms with Crippen molar-refractivity contribution in [2.75, 3.05) is 6.26 Å². The Kier molecular flexibility index (Phi) is 4.39. The molecule has 1 rings (SSSR count). The van der Waals surface area contributed by atoms with Gasteiger partial charge in [-0.25, -0.2) is 0 Å². The highest BCUT2D eigenvalue weighted by atomic mass is 32.2. The number of thioether (sulfide) groups is 1. The maximum absolute atomic E-state index is 12.2. The van der Waals surface area contributed by atoms with Crippen LogP contribution in [0.5, 0.6) is 5.75 Å². The number of ketones is 1. The molecule has 0 N–H and O–H groups in total. The molecule has 0 saturated heterocycles. The van der Waals surface area contributed by atoms with E-state index in [9.17, 15) is 31.1 Å². The molecule has 0 unspecified atom stereocenters. The van der Waals surface area contributed by atoms with Gasteiger partial charge in [-0.15, -0.1) is 24.9 Å². The summed E-state index contributed by atoms with van der Waals surface area (Å²) in [4.78, 5) is 10.7. The molecule has 0 aliphatic heterocycles. The van der Waals surface area contributed by atoms with Crippen LogP contribution in [0.2, 0.25) is 0 Å². The van der Waals surface area contributed by atoms with Gasteiger partial charge in [0.1, 0.15) is 5.75 Å². The molecule has 9 heteroatoms. The summed E-state index contributed by atoms with van der Waals surface area (Å²) in [5, 5.41) is 0. The van der Waals surface area contributed by atoms with E-state index >= 15 is 0 Å². The van der Waals surface area contributed by atoms with Crippen LogP contribution in [0, 0.1) is 0 Å². The smallest absolute Gasteiger partial charge is 0.405 e. The van der Waals surface area contributed by atoms with E-state index < -0.39 is 29.6 Å². The van der Waals surface area contributed by atoms with Crippen LogP contribution in [0.15, 0.2) is 23.1 Å². The Morgan fingerprint density at radius 1 is 1.16 bits per heavy atom. The fraction of sp³-hybridized carbons (Fsp3) is 0.300. The van der Waals surface area contributed by atoms with Crippen LogP contribution in [-0.4, -0.2) is 24.6 Å². The fourth-order valence-electron chi connectivity index (χ4n) is 1.18. The second-order valence-electron chi connectivity index (χ2n) is 3.24. The zero-order valence-electron chi connectivity index (χ0n) is 9.22. The molecule has 0 bridgehead atoms. The van der Waals surface area contributed by atoms with Crippen molar-refractivity contribution >= 4 is 17.5 Å². The molecule has 0 aliphatic rings. The number of Topliss-reactive ketones (excluding diaryl/α,β-unsaturated/α-hetero) is 1. The standard InChI is InChI=1S/C10H6F6O2S/c1-19-7-4-5(8(17)9(11,12)13)2-3-6(7)18-10(14,15)16/h2-4H,1H3. The SMILES string of the molecule is CSc1cc(C(=O)C(F)(F)F)ccc1OC(F)(F)F. The molecule has 0 radical (unpaired) electrons. The van der Waals surface area contributed by atoms with Gasteiger partial charge in [-0.1, -0.05) is 0 Å². The van der Waals surface area contributed by atoms with Crippen LogP contribution in [0.1, 0.15) is 10.4 Å². The first-order valence-electron chi connectivity index (χ1n) is 4.60. The molecule has 1 aromatic rings. The van der Waals surface area contributed by atoms with E-state index in [2.05, 4.69) is 4.74 Å². The van der Waals surface area contributed by atoms with Gasteiger partial charge in [-0.3, -0.25) is 4.79 Å². The van der Waals surface area contributed by atoms with Gasteiger partial charge < -0.3 is 4.74 Å². The van der Waals surface area contributed by atoms with Crippen molar-refractivity contribution in [1.29, 1.82) is 0 Å². The van der Waals surface area contributed by atoms with Crippen molar-refractivity contribution < 1.29 is 35.9 Å². The number of rotatable bonds is 3. The van der Waals surface area contributed by atoms with Crippen LogP contribution in [0.4, 0.5) is 26.3 Å². The van der Waals surface area contributed by atoms with Gasteiger partial charge in [0.25, 0.3) is 5.78 Å². The first-order valence-corrected chi connectivity index (χ1v) is 5.82. The number of halogens is 6. The van der Waals surface area contributed by atoms with E-state index in [0.29, 0.717) is 18.2 Å². The van der Waals surface area contributed by atoms with Crippen LogP contribution >= 0.6 is 11.8 Å². The van der Waals surface area contributed by atoms with E-state index in [1.54, 1.807) is 0 Å². The topological polar surface area (TPSA) is 26.3 Å². The van der Waals surface area contributed by atoms with Crippen molar-refractivity contribution in [1.82, 2.24) is 0 Å². The van der Waals surface area contributed by atoms with Crippen molar-refractivity contribution in [2.24, 2.45) is 0 Å². The van der Waals surface area contributed by atoms with Crippen LogP contribution in [-0.2, 0) is 0 Å². The van der Waals surface area contributed by atoms with Crippen molar-refractivity contribution in [2.45, 2.75) is 17.4 Å². The summed E-state index contributed by atoms with van der Waals surface area (Å²) in [5.74, 6) is -2.78. The summed E-state index contributed by atoms with van der Waals surface area (Å²) in [5.41, 5.74) is -0.744. The van der Waals surface area contributed by atoms with Gasteiger partial charge in [0.05, 0.1) is 4.90 Å². The lowest BCUT2D eigenvalue weighted by atomic mass is 10.1. The van der Waals surface area contributed by atoms with Gasteiger partial charge in [0, 0.05) is 5.56 Å². The lowest BCUT2D eigenvalue weighted by molar-refractivity contribution is -0.275. The molecule has 0 saturated carbocycles. The van der Waals surface area contributed by atoms with Gasteiger partial charge in [-0.2, -0.15) is 13.2 Å². The largest absolute Gasteiger partial charge is 0.573 e. The highest BCUT2D eigenvalue weighted by Gasteiger charge is 2.40. The Labute approximate surface area is 107 Å². The van der Waals surface area contributed by atoms with Crippen LogP contribution in [0.3, 0.4) is 0 Å². The molecule has 0 heterocycles. The van der Waals surface area contributed by atoms with E-state index in [4.69, 9.17) is 0 Å². The normalized spacial score (nSPS) is 12.4. The summed E-state index contributed by atoms with van der Waals surface area (Å²) < 4.78 is 76.2. The molecule has 0 fully saturated rings. The van der Waals surface area contributed by atoms with E-state index in [1.165, 1.54) is 6.26 Å². The third kappa shape index (κ3) is 4.34. The van der Waals surface area contributed by atoms with Crippen molar-refractivity contribution in [3.63, 3.8) is 0 Å². The lowest BCUT2D eigenvalue weighted by Gasteiger charge is -2.13. The average molecular weight is 304 g/mol. The van der Waals surface area contributed by atoms with E-state index in [-0.39, 0.29) is 4.90 Å². The van der Waals surface area contributed by atoms with Crippen molar-refractivity contribution in [3.8, 4) is 5.75 Å². The summed E-state index contributed by atoms with van der Waals surface area (Å²) in [6, 6.07) is 2.02. The summed E-state index contributed by atoms with van der Waals surface area (Å²) in [6.45, 7) is 0. The van der Waals surface area contributed by atoms with Gasteiger partial charge in [0.2, 0.25) is 0 Å². The minimum atomic E-state index is -5.08. The highest BCUT2D eigenvalue weighted by molar-refractivity contribution is 7.98. The quantitative estimate of drug-likeness (QED) is 0.479. The number of carbonyl (C=O) groups excluding carboxylic acids is 1. The second-order valence-corrected chi connectivity index (χ2v) is 4.09. The van der Waals surface area contributed by atoms with Gasteiger partial charge in [0.15, 0.2) is 0 Å². The molecular formula is C10H6F6O2S. The Bertz CT molecular complexity index is 480. The van der Waals surface area contributed by atoms with E-state index in [1.807, 2.05) is 0 Å². The highest BCUT2D eigenvalue weighted by Crippen LogP contribution is 2.34. The predicted octanol–water partition coefficient (Wildman–Crippen LogP) is 4.05. The molecule has 0 spiro atoms. The fourth-order valence-corrected chi connectivity index (χ4v) is 1.74. The number of ether oxygens (including phenoxy) is 1. The molecule has 0 amide bonds. The third-order valence-electron chi connectivity index (χ3n) is 1.91. The molecule has 106 valence electrons. The maximum atomic E-state index is 12.2. The molecular weight excluding hydrogens is 298 g/mol. The zero-order valence-corrected chi connectivity index (χ0v) is 10.0. The number of hydrogen-bond donors (Lipinski definition) is 0. The molecule has 19 heavy (non-hydrogen) atoms. The molecule has 2 nitrogen and oxygen atoms in total. The molecule has 0 aromatic heterocycles. The van der Waals surface area contributed by atoms with Gasteiger partial charge >= 0.3 is 12.5 Å². The zero-order chi connectivity index (χ0) is 14.8. The maximum Gasteiger partial charge on any atom is 0.573 e. The number of hydrogen-bond acceptors (Lipinski definition) is 3. The lowest BCUT2D eigenvalue weighted by Crippen LogP contribution is -2.23. The molecule has 0 aliphatic carbocycles. The van der Waals surface area contributed by atoms with E-state index in [0.717, 1.165) is 11.8 Å². The van der Waals surface area contributed by atoms with Gasteiger partial charge in [-0.05, 0) is 24.5 Å². The Balaban J connectivity index is 3.13. The van der Waals surface area contributed by atoms with Crippen LogP contribution in [0.25, 0.3) is 0 Å². The third-order valence-corrected chi connectivity index (χ3v) is 2.67. The summed E-state index contributed by atoms with van der Waals surface area (Å²) in [7, 11) is 0. The monoisotopic (exact) mass is 304 g/mol. The average Bonchev–Trinajstić information content (AvgIpc) is 2.25. The summed E-state index contributed by atoms with van der Waals surface area (Å²) >= 11 is 0.734. The minimum Gasteiger partial charge on any atom is -0.405 e. The van der Waals surface area contributed by atoms with Crippen molar-refractivity contribution in [3.05, 3.63) is 23.8 Å². The first kappa shape index (κ1) is 15.7. The van der Waals surface area contributed by atoms with Crippen LogP contribution < -0.4 is 4.74 Å².